The van der Waals surface area contributed by atoms with Gasteiger partial charge in [0.05, 0.1) is 25.9 Å². The summed E-state index contributed by atoms with van der Waals surface area (Å²) in [4.78, 5) is 24.2. The van der Waals surface area contributed by atoms with Crippen LogP contribution in [0.15, 0.2) is 0 Å². The van der Waals surface area contributed by atoms with Crippen LogP contribution in [-0.2, 0) is 9.53 Å². The van der Waals surface area contributed by atoms with Crippen molar-refractivity contribution in [2.75, 3.05) is 32.8 Å². The van der Waals surface area contributed by atoms with E-state index < -0.39 is 5.97 Å². The number of aliphatic carboxylic acids is 1. The fraction of sp³-hybridized carbons (Fsp3) is 0.857. The summed E-state index contributed by atoms with van der Waals surface area (Å²) in [5.41, 5.74) is -0.121. The molecule has 1 atom stereocenters. The van der Waals surface area contributed by atoms with Crippen LogP contribution >= 0.6 is 0 Å². The van der Waals surface area contributed by atoms with Gasteiger partial charge in [-0.15, -0.1) is 0 Å². The molecular formula is C14H26N2O5. The molecule has 1 rings (SSSR count). The van der Waals surface area contributed by atoms with E-state index in [1.165, 1.54) is 0 Å². The number of carbonyl (C=O) groups is 2. The first kappa shape index (κ1) is 17.7. The summed E-state index contributed by atoms with van der Waals surface area (Å²) in [5, 5.41) is 20.6. The number of carbonyl (C=O) groups excluding carboxylic acids is 1. The zero-order chi connectivity index (χ0) is 15.9. The van der Waals surface area contributed by atoms with E-state index in [2.05, 4.69) is 5.32 Å². The summed E-state index contributed by atoms with van der Waals surface area (Å²) in [6.45, 7) is 5.76. The van der Waals surface area contributed by atoms with Gasteiger partial charge in [0.15, 0.2) is 0 Å². The van der Waals surface area contributed by atoms with Gasteiger partial charge in [-0.2, -0.15) is 0 Å². The van der Waals surface area contributed by atoms with Gasteiger partial charge >= 0.3 is 12.0 Å². The van der Waals surface area contributed by atoms with Gasteiger partial charge in [-0.25, -0.2) is 4.79 Å². The minimum atomic E-state index is -0.796. The molecule has 0 radical (unpaired) electrons. The Hall–Kier alpha value is -1.34. The molecule has 0 aliphatic carbocycles. The number of hydrogen-bond acceptors (Lipinski definition) is 4. The van der Waals surface area contributed by atoms with Gasteiger partial charge in [-0.1, -0.05) is 13.8 Å². The van der Waals surface area contributed by atoms with Gasteiger partial charge in [-0.3, -0.25) is 4.79 Å². The van der Waals surface area contributed by atoms with Crippen molar-refractivity contribution in [3.05, 3.63) is 0 Å². The van der Waals surface area contributed by atoms with Crippen molar-refractivity contribution in [1.29, 1.82) is 0 Å². The zero-order valence-electron chi connectivity index (χ0n) is 12.8. The third-order valence-corrected chi connectivity index (χ3v) is 3.72. The average Bonchev–Trinajstić information content (AvgIpc) is 2.45. The molecule has 1 aliphatic rings. The topological polar surface area (TPSA) is 99.1 Å². The van der Waals surface area contributed by atoms with E-state index in [9.17, 15) is 9.59 Å². The van der Waals surface area contributed by atoms with E-state index in [1.807, 2.05) is 13.8 Å². The lowest BCUT2D eigenvalue weighted by Gasteiger charge is -2.32. The van der Waals surface area contributed by atoms with E-state index >= 15 is 0 Å². The number of nitrogens with one attached hydrogen (secondary N) is 1. The van der Waals surface area contributed by atoms with Crippen molar-refractivity contribution >= 4 is 12.0 Å². The summed E-state index contributed by atoms with van der Waals surface area (Å²) < 4.78 is 5.29. The lowest BCUT2D eigenvalue weighted by Crippen LogP contribution is -2.50. The van der Waals surface area contributed by atoms with Gasteiger partial charge in [0.1, 0.15) is 0 Å². The van der Waals surface area contributed by atoms with E-state index in [0.29, 0.717) is 32.7 Å². The maximum Gasteiger partial charge on any atom is 0.317 e. The second kappa shape index (κ2) is 8.19. The van der Waals surface area contributed by atoms with E-state index in [4.69, 9.17) is 14.9 Å². The van der Waals surface area contributed by atoms with E-state index in [1.54, 1.807) is 4.90 Å². The first-order valence-corrected chi connectivity index (χ1v) is 7.31. The Morgan fingerprint density at radius 2 is 2.10 bits per heavy atom. The van der Waals surface area contributed by atoms with E-state index in [-0.39, 0.29) is 30.6 Å². The highest BCUT2D eigenvalue weighted by Gasteiger charge is 2.24. The maximum absolute atomic E-state index is 12.0. The van der Waals surface area contributed by atoms with Crippen LogP contribution in [0.3, 0.4) is 0 Å². The van der Waals surface area contributed by atoms with Gasteiger partial charge in [0, 0.05) is 19.5 Å². The molecule has 1 saturated heterocycles. The second-order valence-electron chi connectivity index (χ2n) is 6.16. The molecule has 0 spiro atoms. The number of morpholine rings is 1. The molecule has 3 N–H and O–H groups in total. The van der Waals surface area contributed by atoms with Crippen molar-refractivity contribution in [2.45, 2.75) is 39.2 Å². The van der Waals surface area contributed by atoms with Crippen LogP contribution in [0.4, 0.5) is 4.79 Å². The molecule has 1 fully saturated rings. The number of carboxylic acids is 1. The van der Waals surface area contributed by atoms with Crippen molar-refractivity contribution < 1.29 is 24.5 Å². The highest BCUT2D eigenvalue weighted by Crippen LogP contribution is 2.26. The molecule has 0 aromatic rings. The number of amides is 2. The number of hydrogen-bond donors (Lipinski definition) is 3. The monoisotopic (exact) mass is 302 g/mol. The standard InChI is InChI=1S/C14H26N2O5/c1-14(2,4-3-12(18)19)5-6-15-13(20)16-7-8-21-11(9-16)10-17/h11,17H,3-10H2,1-2H3,(H,15,20)(H,18,19). The average molecular weight is 302 g/mol. The van der Waals surface area contributed by atoms with Gasteiger partial charge in [0.2, 0.25) is 0 Å². The summed E-state index contributed by atoms with van der Waals surface area (Å²) in [6, 6.07) is -0.161. The fourth-order valence-corrected chi connectivity index (χ4v) is 2.20. The van der Waals surface area contributed by atoms with Gasteiger partial charge in [0.25, 0.3) is 0 Å². The van der Waals surface area contributed by atoms with Crippen molar-refractivity contribution in [1.82, 2.24) is 10.2 Å². The number of aliphatic hydroxyl groups excluding tert-OH is 1. The molecule has 0 aromatic heterocycles. The minimum Gasteiger partial charge on any atom is -0.481 e. The Morgan fingerprint density at radius 1 is 1.38 bits per heavy atom. The molecule has 0 bridgehead atoms. The lowest BCUT2D eigenvalue weighted by atomic mass is 9.84. The SMILES string of the molecule is CC(C)(CCNC(=O)N1CCOC(CO)C1)CCC(=O)O. The third kappa shape index (κ3) is 6.77. The summed E-state index contributed by atoms with van der Waals surface area (Å²) >= 11 is 0. The summed E-state index contributed by atoms with van der Waals surface area (Å²) in [7, 11) is 0. The van der Waals surface area contributed by atoms with Crippen LogP contribution < -0.4 is 5.32 Å². The normalized spacial score (nSPS) is 19.4. The molecule has 1 aliphatic heterocycles. The number of urea groups is 1. The first-order valence-electron chi connectivity index (χ1n) is 7.31. The number of carboxylic acid groups (broad SMARTS) is 1. The molecule has 0 aromatic carbocycles. The molecule has 7 nitrogen and oxygen atoms in total. The number of aliphatic hydroxyl groups is 1. The lowest BCUT2D eigenvalue weighted by molar-refractivity contribution is -0.137. The van der Waals surface area contributed by atoms with Crippen LogP contribution in [0.2, 0.25) is 0 Å². The van der Waals surface area contributed by atoms with Crippen LogP contribution in [-0.4, -0.2) is 66.1 Å². The molecule has 7 heteroatoms. The van der Waals surface area contributed by atoms with Gasteiger partial charge in [-0.05, 0) is 18.3 Å². The molecule has 1 heterocycles. The van der Waals surface area contributed by atoms with Crippen molar-refractivity contribution in [3.8, 4) is 0 Å². The smallest absolute Gasteiger partial charge is 0.317 e. The maximum atomic E-state index is 12.0. The fourth-order valence-electron chi connectivity index (χ4n) is 2.20. The molecular weight excluding hydrogens is 276 g/mol. The van der Waals surface area contributed by atoms with Crippen molar-refractivity contribution in [2.24, 2.45) is 5.41 Å². The predicted octanol–water partition coefficient (Wildman–Crippen LogP) is 0.670. The predicted molar refractivity (Wildman–Crippen MR) is 77.1 cm³/mol. The first-order chi connectivity index (χ1) is 9.84. The molecule has 122 valence electrons. The Morgan fingerprint density at radius 3 is 2.71 bits per heavy atom. The highest BCUT2D eigenvalue weighted by molar-refractivity contribution is 5.74. The van der Waals surface area contributed by atoms with Crippen molar-refractivity contribution in [3.63, 3.8) is 0 Å². The quantitative estimate of drug-likeness (QED) is 0.642. The largest absolute Gasteiger partial charge is 0.481 e. The Labute approximate surface area is 125 Å². The van der Waals surface area contributed by atoms with Crippen LogP contribution in [0.1, 0.15) is 33.1 Å². The Balaban J connectivity index is 2.27. The van der Waals surface area contributed by atoms with Crippen LogP contribution in [0.5, 0.6) is 0 Å². The van der Waals surface area contributed by atoms with Gasteiger partial charge < -0.3 is 25.2 Å². The zero-order valence-corrected chi connectivity index (χ0v) is 12.8. The minimum absolute atomic E-state index is 0.0913. The highest BCUT2D eigenvalue weighted by atomic mass is 16.5. The molecule has 21 heavy (non-hydrogen) atoms. The molecule has 0 saturated carbocycles. The molecule has 2 amide bonds. The third-order valence-electron chi connectivity index (χ3n) is 3.72. The Kier molecular flexibility index (Phi) is 6.91. The second-order valence-corrected chi connectivity index (χ2v) is 6.16. The number of rotatable bonds is 7. The molecule has 1 unspecified atom stereocenters. The van der Waals surface area contributed by atoms with Crippen LogP contribution in [0.25, 0.3) is 0 Å². The van der Waals surface area contributed by atoms with E-state index in [0.717, 1.165) is 6.42 Å². The number of nitrogens with zero attached hydrogens (tertiary/aromatic N) is 1. The summed E-state index contributed by atoms with van der Waals surface area (Å²) in [6.07, 6.45) is 1.14. The van der Waals surface area contributed by atoms with Crippen LogP contribution in [0, 0.1) is 5.41 Å². The summed E-state index contributed by atoms with van der Waals surface area (Å²) in [5.74, 6) is -0.796. The number of ether oxygens (including phenoxy) is 1. The Bertz CT molecular complexity index is 359.